The van der Waals surface area contributed by atoms with Gasteiger partial charge in [-0.25, -0.2) is 28.1 Å². The first-order valence-electron chi connectivity index (χ1n) is 16.1. The van der Waals surface area contributed by atoms with Crippen molar-refractivity contribution in [2.45, 2.75) is 70.1 Å². The Morgan fingerprint density at radius 1 is 1.18 bits per heavy atom. The quantitative estimate of drug-likeness (QED) is 0.106. The van der Waals surface area contributed by atoms with Gasteiger partial charge in [-0.1, -0.05) is 24.4 Å². The minimum absolute atomic E-state index is 0.122. The zero-order valence-electron chi connectivity index (χ0n) is 27.6. The van der Waals surface area contributed by atoms with E-state index in [2.05, 4.69) is 20.6 Å². The Morgan fingerprint density at radius 3 is 2.69 bits per heavy atom. The summed E-state index contributed by atoms with van der Waals surface area (Å²) in [5.74, 6) is -2.37. The number of hydrogen-bond donors (Lipinski definition) is 3. The van der Waals surface area contributed by atoms with E-state index in [0.29, 0.717) is 59.8 Å². The summed E-state index contributed by atoms with van der Waals surface area (Å²) < 4.78 is 45.7. The van der Waals surface area contributed by atoms with E-state index in [1.165, 1.54) is 12.0 Å². The number of imidazole rings is 1. The van der Waals surface area contributed by atoms with Crippen LogP contribution >= 0.6 is 11.6 Å². The molecule has 15 heteroatoms. The first kappa shape index (κ1) is 35.6. The molecular formula is C34H39ClF2N6O6. The molecule has 1 aromatic heterocycles. The third kappa shape index (κ3) is 8.12. The number of cyclic esters (lactones) is 1. The van der Waals surface area contributed by atoms with Crippen LogP contribution in [0.25, 0.3) is 11.3 Å². The standard InChI is InChI=1S/C34H39ClF2N6O6/c1-18(2)49-32(44)24-7-5-6-8-27(43-14-13-19(17-48-34(43)46)28-23(36)12-11-22(35)29(28)37)31-41-26(16-38-3)30(42-31)21-10-9-20(15-25(21)40-24)39-33(45)47-4/h9-12,15-16,18-19,24,27,40H,5-8,13-14,17H2,1-4H3,(H,39,45)(H,41,42). The number of carbonyl (C=O) groups is 3. The first-order valence-corrected chi connectivity index (χ1v) is 16.4. The van der Waals surface area contributed by atoms with Crippen molar-refractivity contribution in [2.75, 3.05) is 37.9 Å². The van der Waals surface area contributed by atoms with E-state index in [1.807, 2.05) is 0 Å². The molecule has 2 aliphatic heterocycles. The summed E-state index contributed by atoms with van der Waals surface area (Å²) in [7, 11) is 2.86. The summed E-state index contributed by atoms with van der Waals surface area (Å²) in [5.41, 5.74) is 2.27. The van der Waals surface area contributed by atoms with Crippen LogP contribution < -0.4 is 10.6 Å². The predicted molar refractivity (Wildman–Crippen MR) is 180 cm³/mol. The molecule has 1 fully saturated rings. The van der Waals surface area contributed by atoms with E-state index in [9.17, 15) is 23.2 Å². The van der Waals surface area contributed by atoms with Gasteiger partial charge in [-0.2, -0.15) is 0 Å². The Labute approximate surface area is 287 Å². The molecule has 3 atom stereocenters. The number of halogens is 3. The van der Waals surface area contributed by atoms with E-state index >= 15 is 0 Å². The molecule has 2 amide bonds. The van der Waals surface area contributed by atoms with E-state index in [-0.39, 0.29) is 36.3 Å². The fourth-order valence-corrected chi connectivity index (χ4v) is 6.30. The zero-order chi connectivity index (χ0) is 35.2. The summed E-state index contributed by atoms with van der Waals surface area (Å²) in [4.78, 5) is 52.9. The summed E-state index contributed by atoms with van der Waals surface area (Å²) in [6.45, 7) is 3.43. The number of nitrogens with zero attached hydrogens (tertiary/aromatic N) is 3. The number of fused-ring (bicyclic) bond motifs is 4. The van der Waals surface area contributed by atoms with Crippen LogP contribution in [0.2, 0.25) is 5.02 Å². The number of aromatic nitrogens is 2. The maximum Gasteiger partial charge on any atom is 0.411 e. The molecule has 262 valence electrons. The Bertz CT molecular complexity index is 1730. The molecule has 12 nitrogen and oxygen atoms in total. The van der Waals surface area contributed by atoms with Gasteiger partial charge in [0, 0.05) is 48.2 Å². The van der Waals surface area contributed by atoms with Crippen LogP contribution in [-0.4, -0.2) is 78.7 Å². The van der Waals surface area contributed by atoms with Crippen LogP contribution in [0.3, 0.4) is 0 Å². The third-order valence-electron chi connectivity index (χ3n) is 8.44. The fourth-order valence-electron chi connectivity index (χ4n) is 6.14. The van der Waals surface area contributed by atoms with Gasteiger partial charge in [-0.05, 0) is 63.4 Å². The number of anilines is 2. The molecule has 0 radical (unpaired) electrons. The van der Waals surface area contributed by atoms with Crippen LogP contribution in [-0.2, 0) is 19.0 Å². The van der Waals surface area contributed by atoms with Crippen molar-refractivity contribution in [2.24, 2.45) is 4.99 Å². The van der Waals surface area contributed by atoms with Crippen LogP contribution in [0.15, 0.2) is 35.3 Å². The number of rotatable bonds is 6. The number of methoxy groups -OCH3 is 1. The second kappa shape index (κ2) is 15.7. The lowest BCUT2D eigenvalue weighted by molar-refractivity contribution is -0.148. The molecule has 3 unspecified atom stereocenters. The molecule has 2 bridgehead atoms. The minimum atomic E-state index is -0.871. The Kier molecular flexibility index (Phi) is 11.4. The highest BCUT2D eigenvalue weighted by molar-refractivity contribution is 6.30. The molecule has 49 heavy (non-hydrogen) atoms. The lowest BCUT2D eigenvalue weighted by Crippen LogP contribution is -2.36. The van der Waals surface area contributed by atoms with E-state index in [1.54, 1.807) is 45.3 Å². The average Bonchev–Trinajstić information content (AvgIpc) is 3.38. The summed E-state index contributed by atoms with van der Waals surface area (Å²) in [6.07, 6.45) is 2.12. The van der Waals surface area contributed by atoms with Gasteiger partial charge in [0.1, 0.15) is 30.1 Å². The van der Waals surface area contributed by atoms with Crippen LogP contribution in [0.1, 0.15) is 75.0 Å². The summed E-state index contributed by atoms with van der Waals surface area (Å²) in [6, 6.07) is 5.97. The fraction of sp³-hybridized carbons (Fsp3) is 0.441. The number of amides is 2. The smallest absolute Gasteiger partial charge is 0.411 e. The van der Waals surface area contributed by atoms with Crippen LogP contribution in [0, 0.1) is 11.6 Å². The summed E-state index contributed by atoms with van der Waals surface area (Å²) >= 11 is 5.97. The molecule has 0 spiro atoms. The third-order valence-corrected chi connectivity index (χ3v) is 8.73. The number of H-pyrrole nitrogens is 1. The highest BCUT2D eigenvalue weighted by atomic mass is 35.5. The van der Waals surface area contributed by atoms with Crippen molar-refractivity contribution in [3.63, 3.8) is 0 Å². The minimum Gasteiger partial charge on any atom is -0.461 e. The normalized spacial score (nSPS) is 20.0. The van der Waals surface area contributed by atoms with Crippen LogP contribution in [0.4, 0.5) is 29.7 Å². The van der Waals surface area contributed by atoms with E-state index in [0.717, 1.165) is 12.1 Å². The zero-order valence-corrected chi connectivity index (χ0v) is 28.4. The molecule has 1 saturated heterocycles. The second-order valence-corrected chi connectivity index (χ2v) is 12.6. The number of ether oxygens (including phenoxy) is 3. The molecule has 5 rings (SSSR count). The van der Waals surface area contributed by atoms with Crippen molar-refractivity contribution in [3.05, 3.63) is 64.1 Å². The van der Waals surface area contributed by atoms with Crippen molar-refractivity contribution in [1.29, 1.82) is 0 Å². The van der Waals surface area contributed by atoms with Gasteiger partial charge in [0.25, 0.3) is 0 Å². The first-order chi connectivity index (χ1) is 23.5. The Balaban J connectivity index is 1.56. The highest BCUT2D eigenvalue weighted by Gasteiger charge is 2.36. The monoisotopic (exact) mass is 700 g/mol. The molecule has 3 heterocycles. The lowest BCUT2D eigenvalue weighted by Gasteiger charge is -2.29. The average molecular weight is 701 g/mol. The van der Waals surface area contributed by atoms with Gasteiger partial charge >= 0.3 is 18.2 Å². The molecule has 3 aromatic rings. The SMILES string of the molecule is CN=Cc1[nH]c2nc1-c1ccc(NC(=O)OC)cc1NC(C(=O)OC(C)C)CCCCC2N1CCC(c2c(F)ccc(Cl)c2F)COC1=O. The van der Waals surface area contributed by atoms with Gasteiger partial charge in [0.2, 0.25) is 0 Å². The Hall–Kier alpha value is -4.72. The van der Waals surface area contributed by atoms with Gasteiger partial charge in [0.15, 0.2) is 0 Å². The number of hydrogen-bond acceptors (Lipinski definition) is 9. The maximum absolute atomic E-state index is 15.0. The number of esters is 1. The van der Waals surface area contributed by atoms with Crippen molar-refractivity contribution >= 4 is 47.3 Å². The van der Waals surface area contributed by atoms with Crippen molar-refractivity contribution in [3.8, 4) is 11.3 Å². The number of aromatic amines is 1. The topological polar surface area (TPSA) is 147 Å². The van der Waals surface area contributed by atoms with Gasteiger partial charge in [-0.15, -0.1) is 0 Å². The molecular weight excluding hydrogens is 662 g/mol. The van der Waals surface area contributed by atoms with Gasteiger partial charge in [-0.3, -0.25) is 15.2 Å². The molecule has 2 aromatic carbocycles. The van der Waals surface area contributed by atoms with Crippen molar-refractivity contribution in [1.82, 2.24) is 14.9 Å². The number of nitrogens with one attached hydrogen (secondary N) is 3. The van der Waals surface area contributed by atoms with E-state index in [4.69, 9.17) is 30.8 Å². The lowest BCUT2D eigenvalue weighted by atomic mass is 9.95. The number of benzene rings is 2. The largest absolute Gasteiger partial charge is 0.461 e. The van der Waals surface area contributed by atoms with Gasteiger partial charge < -0.3 is 24.5 Å². The van der Waals surface area contributed by atoms with Crippen molar-refractivity contribution < 1.29 is 37.4 Å². The predicted octanol–water partition coefficient (Wildman–Crippen LogP) is 7.21. The molecule has 2 aliphatic rings. The molecule has 0 aliphatic carbocycles. The number of carbonyl (C=O) groups excluding carboxylic acids is 3. The highest BCUT2D eigenvalue weighted by Crippen LogP contribution is 2.38. The Morgan fingerprint density at radius 2 is 1.96 bits per heavy atom. The molecule has 3 N–H and O–H groups in total. The van der Waals surface area contributed by atoms with Gasteiger partial charge in [0.05, 0.1) is 35.7 Å². The molecule has 0 saturated carbocycles. The van der Waals surface area contributed by atoms with Crippen LogP contribution in [0.5, 0.6) is 0 Å². The second-order valence-electron chi connectivity index (χ2n) is 12.1. The maximum atomic E-state index is 15.0. The van der Waals surface area contributed by atoms with E-state index < -0.39 is 47.8 Å². The summed E-state index contributed by atoms with van der Waals surface area (Å²) in [5, 5.41) is 5.76. The number of aliphatic imine (C=N–C) groups is 1.